The van der Waals surface area contributed by atoms with Crippen LogP contribution in [0.5, 0.6) is 0 Å². The van der Waals surface area contributed by atoms with Crippen LogP contribution in [0.1, 0.15) is 141 Å². The number of thiophene rings is 2. The first-order chi connectivity index (χ1) is 30.2. The van der Waals surface area contributed by atoms with Crippen LogP contribution in [0.4, 0.5) is 0 Å². The highest BCUT2D eigenvalue weighted by Gasteiger charge is 2.42. The van der Waals surface area contributed by atoms with Crippen LogP contribution in [0.3, 0.4) is 0 Å². The minimum Gasteiger partial charge on any atom is -0.268 e. The topological polar surface area (TPSA) is 74.8 Å². The minimum atomic E-state index is -0.493. The lowest BCUT2D eigenvalue weighted by molar-refractivity contribution is 0.0660. The molecule has 0 aliphatic carbocycles. The maximum atomic E-state index is 15.0. The standard InChI is InChI=1S/C54H54N2O4S2/c1-5-9-17-35(7-3)31-39-23-25-45(61-39)41-33-43-48-47-44(52(58)55(53(59)49(41)47)29-27-37-19-13-11-14-20-37)34-42(46-26-24-40(62-46)32-36(8-4)18-10-6-2)50(48)54(60)56(51(43)57)30-28-38-21-15-12-16-22-38/h11-16,19-30,33-36H,5-10,17-18,31-32H2,1-4H3/b29-27+,30-28+. The number of imide groups is 2. The predicted molar refractivity (Wildman–Crippen MR) is 257 cm³/mol. The molecule has 0 saturated carbocycles. The molecule has 4 aromatic carbocycles. The van der Waals surface area contributed by atoms with Crippen LogP contribution >= 0.6 is 22.7 Å². The maximum absolute atomic E-state index is 15.0. The summed E-state index contributed by atoms with van der Waals surface area (Å²) in [7, 11) is 0. The fourth-order valence-electron chi connectivity index (χ4n) is 8.93. The molecule has 4 amide bonds. The van der Waals surface area contributed by atoms with E-state index in [1.54, 1.807) is 47.2 Å². The van der Waals surface area contributed by atoms with Gasteiger partial charge in [-0.15, -0.1) is 22.7 Å². The molecule has 0 fully saturated rings. The van der Waals surface area contributed by atoms with Gasteiger partial charge in [0.15, 0.2) is 0 Å². The average molecular weight is 859 g/mol. The Balaban J connectivity index is 1.35. The molecular formula is C54H54N2O4S2. The molecular weight excluding hydrogens is 805 g/mol. The second-order valence-corrected chi connectivity index (χ2v) is 19.0. The Morgan fingerprint density at radius 2 is 0.903 bits per heavy atom. The zero-order chi connectivity index (χ0) is 43.3. The van der Waals surface area contributed by atoms with Crippen molar-refractivity contribution in [2.45, 2.75) is 91.9 Å². The molecule has 62 heavy (non-hydrogen) atoms. The first-order valence-electron chi connectivity index (χ1n) is 22.3. The van der Waals surface area contributed by atoms with Gasteiger partial charge in [0.1, 0.15) is 0 Å². The third-order valence-corrected chi connectivity index (χ3v) is 14.8. The predicted octanol–water partition coefficient (Wildman–Crippen LogP) is 14.3. The molecule has 0 radical (unpaired) electrons. The molecule has 0 saturated heterocycles. The average Bonchev–Trinajstić information content (AvgIpc) is 3.97. The van der Waals surface area contributed by atoms with Crippen molar-refractivity contribution in [3.05, 3.63) is 153 Å². The van der Waals surface area contributed by atoms with Gasteiger partial charge in [0, 0.05) is 64.9 Å². The summed E-state index contributed by atoms with van der Waals surface area (Å²) in [5.41, 5.74) is 4.13. The highest BCUT2D eigenvalue weighted by Crippen LogP contribution is 2.48. The van der Waals surface area contributed by atoms with Crippen molar-refractivity contribution in [1.82, 2.24) is 9.80 Å². The molecule has 2 atom stereocenters. The molecule has 2 aliphatic rings. The molecule has 0 bridgehead atoms. The number of hydrogen-bond donors (Lipinski definition) is 0. The number of rotatable bonds is 18. The van der Waals surface area contributed by atoms with E-state index in [1.165, 1.54) is 32.4 Å². The highest BCUT2D eigenvalue weighted by atomic mass is 32.1. The molecule has 2 unspecified atom stereocenters. The van der Waals surface area contributed by atoms with Crippen LogP contribution in [0.25, 0.3) is 43.8 Å². The van der Waals surface area contributed by atoms with Gasteiger partial charge in [-0.2, -0.15) is 0 Å². The second kappa shape index (κ2) is 19.1. The van der Waals surface area contributed by atoms with Gasteiger partial charge >= 0.3 is 0 Å². The van der Waals surface area contributed by atoms with Crippen molar-refractivity contribution >= 4 is 69.2 Å². The van der Waals surface area contributed by atoms with E-state index in [0.717, 1.165) is 72.2 Å². The zero-order valence-electron chi connectivity index (χ0n) is 36.1. The summed E-state index contributed by atoms with van der Waals surface area (Å²) >= 11 is 3.27. The summed E-state index contributed by atoms with van der Waals surface area (Å²) < 4.78 is 0. The van der Waals surface area contributed by atoms with Crippen LogP contribution in [0.2, 0.25) is 0 Å². The lowest BCUT2D eigenvalue weighted by Crippen LogP contribution is -2.40. The third-order valence-electron chi connectivity index (χ3n) is 12.5. The van der Waals surface area contributed by atoms with Crippen molar-refractivity contribution in [2.75, 3.05) is 0 Å². The molecule has 316 valence electrons. The number of carbonyl (C=O) groups is 4. The Morgan fingerprint density at radius 1 is 0.500 bits per heavy atom. The smallest absolute Gasteiger partial charge is 0.266 e. The molecule has 8 heteroatoms. The van der Waals surface area contributed by atoms with Crippen LogP contribution in [-0.2, 0) is 12.8 Å². The first kappa shape index (κ1) is 43.0. The van der Waals surface area contributed by atoms with E-state index in [0.29, 0.717) is 56.0 Å². The van der Waals surface area contributed by atoms with E-state index in [-0.39, 0.29) is 0 Å². The summed E-state index contributed by atoms with van der Waals surface area (Å²) in [4.78, 5) is 66.3. The zero-order valence-corrected chi connectivity index (χ0v) is 37.7. The summed E-state index contributed by atoms with van der Waals surface area (Å²) in [5.74, 6) is -0.867. The molecule has 8 rings (SSSR count). The van der Waals surface area contributed by atoms with Crippen molar-refractivity contribution in [1.29, 1.82) is 0 Å². The Morgan fingerprint density at radius 3 is 1.27 bits per heavy atom. The van der Waals surface area contributed by atoms with E-state index >= 15 is 9.59 Å². The summed E-state index contributed by atoms with van der Waals surface area (Å²) in [6.07, 6.45) is 17.6. The fourth-order valence-corrected chi connectivity index (χ4v) is 11.2. The Kier molecular flexibility index (Phi) is 13.3. The van der Waals surface area contributed by atoms with Gasteiger partial charge in [-0.25, -0.2) is 9.80 Å². The molecule has 0 N–H and O–H groups in total. The summed E-state index contributed by atoms with van der Waals surface area (Å²) in [6.45, 7) is 8.92. The van der Waals surface area contributed by atoms with Crippen LogP contribution in [-0.4, -0.2) is 33.4 Å². The van der Waals surface area contributed by atoms with E-state index < -0.39 is 23.6 Å². The molecule has 0 spiro atoms. The van der Waals surface area contributed by atoms with E-state index in [2.05, 4.69) is 39.8 Å². The van der Waals surface area contributed by atoms with Gasteiger partial charge in [0.2, 0.25) is 0 Å². The normalized spacial score (nSPS) is 14.9. The Bertz CT molecular complexity index is 2500. The van der Waals surface area contributed by atoms with Crippen molar-refractivity contribution in [2.24, 2.45) is 11.8 Å². The lowest BCUT2D eigenvalue weighted by atomic mass is 9.81. The Labute approximate surface area is 373 Å². The van der Waals surface area contributed by atoms with E-state index in [9.17, 15) is 9.59 Å². The number of benzene rings is 4. The van der Waals surface area contributed by atoms with Crippen molar-refractivity contribution in [3.63, 3.8) is 0 Å². The molecule has 6 aromatic rings. The van der Waals surface area contributed by atoms with E-state index in [4.69, 9.17) is 0 Å². The van der Waals surface area contributed by atoms with Gasteiger partial charge in [0.05, 0.1) is 11.1 Å². The largest absolute Gasteiger partial charge is 0.268 e. The fraction of sp³-hybridized carbons (Fsp3) is 0.296. The van der Waals surface area contributed by atoms with Crippen LogP contribution in [0, 0.1) is 11.8 Å². The van der Waals surface area contributed by atoms with E-state index in [1.807, 2.05) is 84.9 Å². The van der Waals surface area contributed by atoms with Gasteiger partial charge in [-0.1, -0.05) is 140 Å². The van der Waals surface area contributed by atoms with Crippen LogP contribution in [0.15, 0.2) is 109 Å². The molecule has 6 nitrogen and oxygen atoms in total. The van der Waals surface area contributed by atoms with Gasteiger partial charge in [-0.05, 0) is 84.4 Å². The van der Waals surface area contributed by atoms with Crippen molar-refractivity contribution in [3.8, 4) is 20.9 Å². The van der Waals surface area contributed by atoms with Crippen molar-refractivity contribution < 1.29 is 19.2 Å². The second-order valence-electron chi connectivity index (χ2n) is 16.6. The van der Waals surface area contributed by atoms with Gasteiger partial charge in [0.25, 0.3) is 23.6 Å². The maximum Gasteiger partial charge on any atom is 0.266 e. The number of carbonyl (C=O) groups excluding carboxylic acids is 4. The lowest BCUT2D eigenvalue weighted by Gasteiger charge is -2.32. The number of nitrogens with zero attached hydrogens (tertiary/aromatic N) is 2. The molecule has 4 heterocycles. The monoisotopic (exact) mass is 858 g/mol. The number of unbranched alkanes of at least 4 members (excludes halogenated alkanes) is 2. The molecule has 2 aromatic heterocycles. The first-order valence-corrected chi connectivity index (χ1v) is 24.0. The van der Waals surface area contributed by atoms with Gasteiger partial charge in [-0.3, -0.25) is 19.2 Å². The SMILES string of the molecule is CCCCC(CC)Cc1ccc(-c2cc3c4c(c(-c5ccc(CC(CC)CCCC)s5)cc5c4c2C(=O)N(/C=C/c2ccccc2)C5=O)C(=O)N(/C=C/c2ccccc2)C3=O)s1. The van der Waals surface area contributed by atoms with Crippen LogP contribution < -0.4 is 0 Å². The third kappa shape index (κ3) is 8.55. The number of hydrogen-bond acceptors (Lipinski definition) is 6. The number of amides is 4. The highest BCUT2D eigenvalue weighted by molar-refractivity contribution is 7.16. The Hall–Kier alpha value is -5.70. The summed E-state index contributed by atoms with van der Waals surface area (Å²) in [6, 6.07) is 31.2. The molecule has 2 aliphatic heterocycles. The van der Waals surface area contributed by atoms with Gasteiger partial charge < -0.3 is 0 Å². The quantitative estimate of drug-likeness (QED) is 0.0807. The minimum absolute atomic E-state index is 0.301. The summed E-state index contributed by atoms with van der Waals surface area (Å²) in [5, 5.41) is 0.742.